The number of hydrogen-bond acceptors (Lipinski definition) is 4. The Morgan fingerprint density at radius 3 is 1.75 bits per heavy atom. The Balaban J connectivity index is 0.000000392. The molecule has 2 heterocycles. The van der Waals surface area contributed by atoms with Crippen molar-refractivity contribution in [2.75, 3.05) is 13.1 Å². The van der Waals surface area contributed by atoms with E-state index < -0.39 is 17.8 Å². The maximum Gasteiger partial charge on any atom is 0.280 e. The number of hydrogen-bond donors (Lipinski definition) is 0. The summed E-state index contributed by atoms with van der Waals surface area (Å²) in [5.74, 6) is 0. The van der Waals surface area contributed by atoms with E-state index in [0.29, 0.717) is 20.8 Å². The van der Waals surface area contributed by atoms with Crippen LogP contribution in [0.2, 0.25) is 0 Å². The summed E-state index contributed by atoms with van der Waals surface area (Å²) in [5, 5.41) is 0. The van der Waals surface area contributed by atoms with Gasteiger partial charge >= 0.3 is 0 Å². The highest BCUT2D eigenvalue weighted by Crippen LogP contribution is 2.55. The van der Waals surface area contributed by atoms with Crippen molar-refractivity contribution in [3.63, 3.8) is 0 Å². The van der Waals surface area contributed by atoms with E-state index in [2.05, 4.69) is 41.8 Å². The number of aromatic nitrogens is 2. The molecular weight excluding hydrogens is 537 g/mol. The summed E-state index contributed by atoms with van der Waals surface area (Å²) in [5.41, 5.74) is 0.265. The highest BCUT2D eigenvalue weighted by molar-refractivity contribution is 9.10. The van der Waals surface area contributed by atoms with Gasteiger partial charge in [-0.05, 0) is 56.1 Å². The third-order valence-electron chi connectivity index (χ3n) is 2.84. The van der Waals surface area contributed by atoms with Crippen LogP contribution in [-0.2, 0) is 0 Å². The fourth-order valence-electron chi connectivity index (χ4n) is 1.49. The highest BCUT2D eigenvalue weighted by Gasteiger charge is 2.27. The minimum atomic E-state index is -4.93. The molecule has 0 amide bonds. The molecule has 0 aliphatic carbocycles. The summed E-state index contributed by atoms with van der Waals surface area (Å²) in [7, 11) is 0. The summed E-state index contributed by atoms with van der Waals surface area (Å²) in [4.78, 5) is 17.3. The Morgan fingerprint density at radius 2 is 1.50 bits per heavy atom. The molecule has 158 valence electrons. The lowest BCUT2D eigenvalue weighted by Crippen LogP contribution is -2.19. The first-order valence-electron chi connectivity index (χ1n) is 7.68. The molecule has 2 aromatic heterocycles. The predicted molar refractivity (Wildman–Crippen MR) is 108 cm³/mol. The van der Waals surface area contributed by atoms with Crippen molar-refractivity contribution in [2.24, 2.45) is 0 Å². The third kappa shape index (κ3) is 11.7. The average Bonchev–Trinajstić information content (AvgIpc) is 2.64. The number of carbonyl (C=O) groups is 1. The number of alkyl halides is 2. The largest absolute Gasteiger partial charge is 0.296 e. The number of halogens is 7. The van der Waals surface area contributed by atoms with Gasteiger partial charge in [-0.25, -0.2) is 8.78 Å². The Labute approximate surface area is 179 Å². The standard InChI is InChI=1S/C6H4BrF2N.C6H4BrNO.C4H10F3NS/c7-4-1-2-5(6(8)9)10-3-4;7-5-1-2-6(4-9)8-3-5;1-3-8(4-2)9(5,6)7/h1-3,6H;1-4H;3-4H2,1-2H3. The van der Waals surface area contributed by atoms with Crippen LogP contribution in [0.15, 0.2) is 45.6 Å². The first kappa shape index (κ1) is 26.9. The molecule has 2 rings (SSSR count). The maximum absolute atomic E-state index is 11.8. The van der Waals surface area contributed by atoms with Crippen LogP contribution in [0.4, 0.5) is 20.4 Å². The highest BCUT2D eigenvalue weighted by atomic mass is 79.9. The molecule has 0 N–H and O–H groups in total. The van der Waals surface area contributed by atoms with Crippen LogP contribution in [0.1, 0.15) is 36.5 Å². The van der Waals surface area contributed by atoms with Gasteiger partial charge in [0.15, 0.2) is 6.29 Å². The molecule has 0 saturated heterocycles. The van der Waals surface area contributed by atoms with E-state index in [1.54, 1.807) is 18.3 Å². The molecule has 0 saturated carbocycles. The third-order valence-corrected chi connectivity index (χ3v) is 4.88. The summed E-state index contributed by atoms with van der Waals surface area (Å²) in [6.07, 6.45) is 1.17. The van der Waals surface area contributed by atoms with Crippen LogP contribution in [-0.4, -0.2) is 33.6 Å². The lowest BCUT2D eigenvalue weighted by molar-refractivity contribution is 0.111. The topological polar surface area (TPSA) is 46.1 Å². The van der Waals surface area contributed by atoms with E-state index >= 15 is 0 Å². The first-order chi connectivity index (χ1) is 13.0. The number of pyridine rings is 2. The zero-order chi connectivity index (χ0) is 21.7. The molecule has 0 bridgehead atoms. The van der Waals surface area contributed by atoms with Crippen LogP contribution in [0.3, 0.4) is 0 Å². The van der Waals surface area contributed by atoms with Crippen molar-refractivity contribution < 1.29 is 25.2 Å². The summed E-state index contributed by atoms with van der Waals surface area (Å²) < 4.78 is 60.9. The molecule has 0 aliphatic rings. The lowest BCUT2D eigenvalue weighted by Gasteiger charge is -2.23. The van der Waals surface area contributed by atoms with Crippen molar-refractivity contribution in [1.29, 1.82) is 0 Å². The molecule has 0 spiro atoms. The van der Waals surface area contributed by atoms with Crippen molar-refractivity contribution in [2.45, 2.75) is 20.3 Å². The SMILES string of the molecule is CCN(CC)S(F)(F)F.FC(F)c1ccc(Br)cn1.O=Cc1ccc(Br)cn1. The minimum Gasteiger partial charge on any atom is -0.296 e. The summed E-state index contributed by atoms with van der Waals surface area (Å²) in [6, 6.07) is 6.25. The van der Waals surface area contributed by atoms with E-state index in [4.69, 9.17) is 0 Å². The second-order valence-corrected chi connectivity index (χ2v) is 7.83. The Kier molecular flexibility index (Phi) is 13.4. The molecule has 0 radical (unpaired) electrons. The van der Waals surface area contributed by atoms with Crippen LogP contribution in [0, 0.1) is 0 Å². The maximum atomic E-state index is 11.8. The minimum absolute atomic E-state index is 0.0648. The average molecular weight is 555 g/mol. The zero-order valence-corrected chi connectivity index (χ0v) is 18.8. The summed E-state index contributed by atoms with van der Waals surface area (Å²) >= 11 is 1.35. The predicted octanol–water partition coefficient (Wildman–Crippen LogP) is 7.14. The van der Waals surface area contributed by atoms with Crippen molar-refractivity contribution in [3.05, 3.63) is 57.0 Å². The molecule has 2 aromatic rings. The van der Waals surface area contributed by atoms with Crippen molar-refractivity contribution in [1.82, 2.24) is 14.3 Å². The number of rotatable bonds is 5. The van der Waals surface area contributed by atoms with Gasteiger partial charge in [0.2, 0.25) is 0 Å². The van der Waals surface area contributed by atoms with Gasteiger partial charge in [-0.2, -0.15) is 4.31 Å². The number of carbonyl (C=O) groups excluding carboxylic acids is 1. The van der Waals surface area contributed by atoms with Crippen LogP contribution in [0.25, 0.3) is 0 Å². The van der Waals surface area contributed by atoms with E-state index in [0.717, 1.165) is 4.47 Å². The van der Waals surface area contributed by atoms with E-state index in [9.17, 15) is 25.2 Å². The smallest absolute Gasteiger partial charge is 0.280 e. The molecule has 28 heavy (non-hydrogen) atoms. The van der Waals surface area contributed by atoms with Gasteiger partial charge in [0.1, 0.15) is 11.4 Å². The molecule has 0 aliphatic heterocycles. The van der Waals surface area contributed by atoms with E-state index in [1.165, 1.54) is 32.2 Å². The lowest BCUT2D eigenvalue weighted by atomic mass is 10.4. The van der Waals surface area contributed by atoms with Crippen LogP contribution >= 0.6 is 43.2 Å². The Bertz CT molecular complexity index is 684. The molecule has 12 heteroatoms. The van der Waals surface area contributed by atoms with Crippen molar-refractivity contribution >= 4 is 49.5 Å². The molecule has 0 atom stereocenters. The molecule has 0 aromatic carbocycles. The molecule has 0 fully saturated rings. The van der Waals surface area contributed by atoms with Gasteiger partial charge in [-0.1, -0.05) is 13.8 Å². The van der Waals surface area contributed by atoms with Crippen LogP contribution in [0.5, 0.6) is 0 Å². The zero-order valence-electron chi connectivity index (χ0n) is 14.8. The Hall–Kier alpha value is -1.11. The second-order valence-electron chi connectivity index (χ2n) is 4.72. The van der Waals surface area contributed by atoms with Gasteiger partial charge in [0.25, 0.3) is 17.8 Å². The molecule has 0 unspecified atom stereocenters. The second kappa shape index (κ2) is 14.0. The molecular formula is C16H18Br2F5N3OS. The first-order valence-corrected chi connectivity index (χ1v) is 10.6. The fourth-order valence-corrected chi connectivity index (χ4v) is 2.54. The molecule has 4 nitrogen and oxygen atoms in total. The van der Waals surface area contributed by atoms with E-state index in [-0.39, 0.29) is 18.8 Å². The van der Waals surface area contributed by atoms with Gasteiger partial charge < -0.3 is 0 Å². The van der Waals surface area contributed by atoms with Crippen LogP contribution < -0.4 is 0 Å². The quantitative estimate of drug-likeness (QED) is 0.291. The van der Waals surface area contributed by atoms with Gasteiger partial charge in [0, 0.05) is 34.4 Å². The Morgan fingerprint density at radius 1 is 1.00 bits per heavy atom. The van der Waals surface area contributed by atoms with Gasteiger partial charge in [-0.15, -0.1) is 11.7 Å². The van der Waals surface area contributed by atoms with Crippen molar-refractivity contribution in [3.8, 4) is 0 Å². The normalized spacial score (nSPS) is 11.2. The fraction of sp³-hybridized carbons (Fsp3) is 0.312. The summed E-state index contributed by atoms with van der Waals surface area (Å²) in [6.45, 7) is 3.14. The van der Waals surface area contributed by atoms with E-state index in [1.807, 2.05) is 0 Å². The van der Waals surface area contributed by atoms with Gasteiger partial charge in [0.05, 0.1) is 0 Å². The number of aldehydes is 1. The number of nitrogens with zero attached hydrogens (tertiary/aromatic N) is 3. The monoisotopic (exact) mass is 553 g/mol. The van der Waals surface area contributed by atoms with Gasteiger partial charge in [-0.3, -0.25) is 14.8 Å².